The van der Waals surface area contributed by atoms with Gasteiger partial charge in [-0.2, -0.15) is 0 Å². The first-order valence-corrected chi connectivity index (χ1v) is 8.53. The molecule has 2 rings (SSSR count). The molecule has 1 aromatic rings. The van der Waals surface area contributed by atoms with Crippen LogP contribution in [0.3, 0.4) is 0 Å². The average Bonchev–Trinajstić information content (AvgIpc) is 2.52. The van der Waals surface area contributed by atoms with Gasteiger partial charge in [0.1, 0.15) is 5.75 Å². The van der Waals surface area contributed by atoms with E-state index in [0.29, 0.717) is 13.1 Å². The Morgan fingerprint density at radius 1 is 1.19 bits per heavy atom. The van der Waals surface area contributed by atoms with Gasteiger partial charge in [0.2, 0.25) is 5.91 Å². The normalized spacial score (nSPS) is 20.8. The molecule has 1 aromatic carbocycles. The Labute approximate surface area is 152 Å². The highest BCUT2D eigenvalue weighted by Gasteiger charge is 2.38. The number of phenols is 1. The Balaban J connectivity index is 2.23. The lowest BCUT2D eigenvalue weighted by molar-refractivity contribution is -0.384. The van der Waals surface area contributed by atoms with Gasteiger partial charge in [0.25, 0.3) is 11.6 Å². The van der Waals surface area contributed by atoms with Crippen molar-refractivity contribution in [3.05, 3.63) is 33.9 Å². The largest absolute Gasteiger partial charge is 0.507 e. The number of hydrogen-bond acceptors (Lipinski definition) is 5. The Morgan fingerprint density at radius 3 is 2.15 bits per heavy atom. The molecule has 0 unspecified atom stereocenters. The van der Waals surface area contributed by atoms with Crippen LogP contribution in [0.15, 0.2) is 18.2 Å². The van der Waals surface area contributed by atoms with Crippen LogP contribution in [0.25, 0.3) is 0 Å². The first-order chi connectivity index (χ1) is 11.9. The van der Waals surface area contributed by atoms with Crippen molar-refractivity contribution in [1.82, 2.24) is 9.80 Å². The Morgan fingerprint density at radius 2 is 1.73 bits per heavy atom. The van der Waals surface area contributed by atoms with E-state index in [2.05, 4.69) is 0 Å². The first-order valence-electron chi connectivity index (χ1n) is 8.53. The quantitative estimate of drug-likeness (QED) is 0.642. The smallest absolute Gasteiger partial charge is 0.273 e. The van der Waals surface area contributed by atoms with E-state index in [0.717, 1.165) is 6.07 Å². The topological polar surface area (TPSA) is 104 Å². The van der Waals surface area contributed by atoms with Crippen LogP contribution in [-0.2, 0) is 4.79 Å². The minimum Gasteiger partial charge on any atom is -0.507 e. The van der Waals surface area contributed by atoms with Gasteiger partial charge >= 0.3 is 0 Å². The Bertz CT molecular complexity index is 729. The minimum absolute atomic E-state index is 0.0184. The molecule has 0 saturated carbocycles. The van der Waals surface area contributed by atoms with E-state index in [9.17, 15) is 24.8 Å². The second-order valence-corrected chi connectivity index (χ2v) is 7.83. The van der Waals surface area contributed by atoms with Crippen molar-refractivity contribution in [2.75, 3.05) is 13.1 Å². The zero-order valence-corrected chi connectivity index (χ0v) is 15.7. The Kier molecular flexibility index (Phi) is 5.25. The SMILES string of the molecule is C[C@@H]1CN(C(=O)C(C)(C)C)C[C@@H](C)N1C(=O)c1ccc([N+](=O)[O-])cc1O. The molecule has 8 nitrogen and oxygen atoms in total. The predicted molar refractivity (Wildman–Crippen MR) is 95.9 cm³/mol. The maximum atomic E-state index is 12.9. The molecule has 1 fully saturated rings. The van der Waals surface area contributed by atoms with Crippen molar-refractivity contribution in [3.63, 3.8) is 0 Å². The molecule has 1 aliphatic rings. The van der Waals surface area contributed by atoms with Crippen LogP contribution in [-0.4, -0.2) is 56.8 Å². The first kappa shape index (κ1) is 19.7. The van der Waals surface area contributed by atoms with Crippen molar-refractivity contribution in [1.29, 1.82) is 0 Å². The standard InChI is InChI=1S/C18H25N3O5/c1-11-9-19(17(24)18(3,4)5)10-12(2)20(11)16(23)14-7-6-13(21(25)26)8-15(14)22/h6-8,11-12,22H,9-10H2,1-5H3/t11-,12-/m1/s1. The number of phenolic OH excluding ortho intramolecular Hbond substituents is 1. The molecule has 0 aliphatic carbocycles. The summed E-state index contributed by atoms with van der Waals surface area (Å²) in [5.74, 6) is -0.793. The summed E-state index contributed by atoms with van der Waals surface area (Å²) in [5, 5.41) is 20.8. The van der Waals surface area contributed by atoms with Gasteiger partial charge < -0.3 is 14.9 Å². The molecule has 142 valence electrons. The van der Waals surface area contributed by atoms with Gasteiger partial charge in [0, 0.05) is 36.7 Å². The molecule has 1 aliphatic heterocycles. The van der Waals surface area contributed by atoms with E-state index >= 15 is 0 Å². The third kappa shape index (κ3) is 3.79. The van der Waals surface area contributed by atoms with Crippen molar-refractivity contribution in [2.45, 2.75) is 46.7 Å². The zero-order valence-electron chi connectivity index (χ0n) is 15.7. The third-order valence-corrected chi connectivity index (χ3v) is 4.50. The summed E-state index contributed by atoms with van der Waals surface area (Å²) < 4.78 is 0. The summed E-state index contributed by atoms with van der Waals surface area (Å²) in [4.78, 5) is 39.0. The number of carbonyl (C=O) groups is 2. The highest BCUT2D eigenvalue weighted by atomic mass is 16.6. The van der Waals surface area contributed by atoms with Gasteiger partial charge in [-0.05, 0) is 19.9 Å². The molecular formula is C18H25N3O5. The van der Waals surface area contributed by atoms with Crippen LogP contribution in [0.1, 0.15) is 45.0 Å². The number of non-ortho nitro benzene ring substituents is 1. The van der Waals surface area contributed by atoms with Crippen LogP contribution in [0.5, 0.6) is 5.75 Å². The average molecular weight is 363 g/mol. The molecule has 2 atom stereocenters. The number of amides is 2. The fraction of sp³-hybridized carbons (Fsp3) is 0.556. The molecule has 0 radical (unpaired) electrons. The van der Waals surface area contributed by atoms with Gasteiger partial charge in [0.05, 0.1) is 16.6 Å². The van der Waals surface area contributed by atoms with Crippen molar-refractivity contribution in [3.8, 4) is 5.75 Å². The van der Waals surface area contributed by atoms with Crippen LogP contribution >= 0.6 is 0 Å². The van der Waals surface area contributed by atoms with Gasteiger partial charge in [-0.15, -0.1) is 0 Å². The van der Waals surface area contributed by atoms with E-state index < -0.39 is 22.0 Å². The number of piperazine rings is 1. The number of rotatable bonds is 2. The Hall–Kier alpha value is -2.64. The lowest BCUT2D eigenvalue weighted by Crippen LogP contribution is -2.61. The van der Waals surface area contributed by atoms with Gasteiger partial charge in [-0.1, -0.05) is 20.8 Å². The fourth-order valence-electron chi connectivity index (χ4n) is 3.32. The minimum atomic E-state index is -0.629. The lowest BCUT2D eigenvalue weighted by atomic mass is 9.93. The molecule has 1 heterocycles. The van der Waals surface area contributed by atoms with Crippen LogP contribution < -0.4 is 0 Å². The van der Waals surface area contributed by atoms with E-state index in [1.807, 2.05) is 34.6 Å². The number of carbonyl (C=O) groups excluding carboxylic acids is 2. The summed E-state index contributed by atoms with van der Waals surface area (Å²) in [5.41, 5.74) is -0.756. The van der Waals surface area contributed by atoms with Crippen molar-refractivity contribution in [2.24, 2.45) is 5.41 Å². The second kappa shape index (κ2) is 6.93. The highest BCUT2D eigenvalue weighted by molar-refractivity contribution is 5.97. The number of nitro benzene ring substituents is 1. The lowest BCUT2D eigenvalue weighted by Gasteiger charge is -2.46. The van der Waals surface area contributed by atoms with E-state index in [4.69, 9.17) is 0 Å². The zero-order chi connectivity index (χ0) is 19.8. The fourth-order valence-corrected chi connectivity index (χ4v) is 3.32. The number of nitrogens with zero attached hydrogens (tertiary/aromatic N) is 3. The summed E-state index contributed by atoms with van der Waals surface area (Å²) in [7, 11) is 0. The van der Waals surface area contributed by atoms with Gasteiger partial charge in [0.15, 0.2) is 0 Å². The summed E-state index contributed by atoms with van der Waals surface area (Å²) in [6, 6.07) is 2.95. The molecule has 1 saturated heterocycles. The van der Waals surface area contributed by atoms with Crippen molar-refractivity contribution < 1.29 is 19.6 Å². The van der Waals surface area contributed by atoms with Crippen molar-refractivity contribution >= 4 is 17.5 Å². The maximum absolute atomic E-state index is 12.9. The van der Waals surface area contributed by atoms with E-state index in [-0.39, 0.29) is 29.2 Å². The molecule has 26 heavy (non-hydrogen) atoms. The number of aromatic hydroxyl groups is 1. The number of nitro groups is 1. The van der Waals surface area contributed by atoms with E-state index in [1.165, 1.54) is 12.1 Å². The second-order valence-electron chi connectivity index (χ2n) is 7.83. The van der Waals surface area contributed by atoms with Gasteiger partial charge in [-0.3, -0.25) is 19.7 Å². The molecule has 0 spiro atoms. The molecule has 0 bridgehead atoms. The monoisotopic (exact) mass is 363 g/mol. The summed E-state index contributed by atoms with van der Waals surface area (Å²) in [6.45, 7) is 10.1. The number of hydrogen-bond donors (Lipinski definition) is 1. The highest BCUT2D eigenvalue weighted by Crippen LogP contribution is 2.28. The maximum Gasteiger partial charge on any atom is 0.273 e. The third-order valence-electron chi connectivity index (χ3n) is 4.50. The van der Waals surface area contributed by atoms with Crippen LogP contribution in [0, 0.1) is 15.5 Å². The summed E-state index contributed by atoms with van der Waals surface area (Å²) in [6.07, 6.45) is 0. The summed E-state index contributed by atoms with van der Waals surface area (Å²) >= 11 is 0. The number of benzene rings is 1. The molecule has 8 heteroatoms. The molecule has 0 aromatic heterocycles. The predicted octanol–water partition coefficient (Wildman–Crippen LogP) is 2.41. The molecular weight excluding hydrogens is 338 g/mol. The van der Waals surface area contributed by atoms with Crippen LogP contribution in [0.2, 0.25) is 0 Å². The van der Waals surface area contributed by atoms with E-state index in [1.54, 1.807) is 9.80 Å². The van der Waals surface area contributed by atoms with Gasteiger partial charge in [-0.25, -0.2) is 0 Å². The van der Waals surface area contributed by atoms with Crippen LogP contribution in [0.4, 0.5) is 5.69 Å². The molecule has 2 amide bonds. The molecule has 1 N–H and O–H groups in total.